The lowest BCUT2D eigenvalue weighted by atomic mass is 9.95. The number of benzene rings is 1. The topological polar surface area (TPSA) is 88.9 Å². The number of fused-ring (bicyclic) bond motifs is 3. The van der Waals surface area contributed by atoms with Crippen molar-refractivity contribution >= 4 is 17.6 Å². The highest BCUT2D eigenvalue weighted by Crippen LogP contribution is 2.41. The van der Waals surface area contributed by atoms with Crippen LogP contribution in [-0.4, -0.2) is 42.5 Å². The van der Waals surface area contributed by atoms with E-state index in [1.165, 1.54) is 6.20 Å². The van der Waals surface area contributed by atoms with E-state index in [0.717, 1.165) is 11.1 Å². The van der Waals surface area contributed by atoms with Gasteiger partial charge in [-0.1, -0.05) is 48.0 Å². The molecule has 0 bridgehead atoms. The van der Waals surface area contributed by atoms with Gasteiger partial charge in [0.1, 0.15) is 17.9 Å². The molecule has 0 radical (unpaired) electrons. The van der Waals surface area contributed by atoms with Gasteiger partial charge in [0.15, 0.2) is 16.7 Å². The van der Waals surface area contributed by atoms with E-state index in [2.05, 4.69) is 11.6 Å². The van der Waals surface area contributed by atoms with E-state index < -0.39 is 11.4 Å². The van der Waals surface area contributed by atoms with Crippen molar-refractivity contribution in [1.29, 1.82) is 0 Å². The predicted octanol–water partition coefficient (Wildman–Crippen LogP) is 5.02. The summed E-state index contributed by atoms with van der Waals surface area (Å²) in [5.41, 5.74) is 1.91. The molecule has 0 saturated carbocycles. The minimum atomic E-state index is -0.716. The van der Waals surface area contributed by atoms with E-state index in [4.69, 9.17) is 30.5 Å². The predicted molar refractivity (Wildman–Crippen MR) is 141 cm³/mol. The van der Waals surface area contributed by atoms with Crippen molar-refractivity contribution in [3.05, 3.63) is 87.3 Å². The van der Waals surface area contributed by atoms with Crippen LogP contribution in [0.5, 0.6) is 11.5 Å². The smallest absolute Gasteiger partial charge is 0.343 e. The molecule has 37 heavy (non-hydrogen) atoms. The molecule has 1 atom stereocenters. The van der Waals surface area contributed by atoms with Crippen LogP contribution < -0.4 is 14.9 Å². The summed E-state index contributed by atoms with van der Waals surface area (Å²) >= 11 is 6.51. The molecule has 0 saturated heterocycles. The number of pyridine rings is 2. The average molecular weight is 525 g/mol. The van der Waals surface area contributed by atoms with Gasteiger partial charge in [-0.2, -0.15) is 0 Å². The molecule has 0 amide bonds. The fourth-order valence-electron chi connectivity index (χ4n) is 4.20. The molecule has 8 nitrogen and oxygen atoms in total. The van der Waals surface area contributed by atoms with Crippen molar-refractivity contribution in [2.24, 2.45) is 0 Å². The molecule has 0 N–H and O–H groups in total. The van der Waals surface area contributed by atoms with Crippen LogP contribution in [0.25, 0.3) is 11.4 Å². The Balaban J connectivity index is 1.85. The van der Waals surface area contributed by atoms with E-state index in [-0.39, 0.29) is 35.7 Å². The number of esters is 1. The molecule has 194 valence electrons. The van der Waals surface area contributed by atoms with Gasteiger partial charge in [-0.3, -0.25) is 4.79 Å². The minimum absolute atomic E-state index is 0.000430. The van der Waals surface area contributed by atoms with Gasteiger partial charge in [0.2, 0.25) is 5.43 Å². The number of allylic oxidation sites excluding steroid dienone is 1. The average Bonchev–Trinajstić information content (AvgIpc) is 2.90. The molecule has 1 aromatic carbocycles. The summed E-state index contributed by atoms with van der Waals surface area (Å²) in [6.45, 7) is 6.91. The summed E-state index contributed by atoms with van der Waals surface area (Å²) in [6.07, 6.45) is 4.45. The van der Waals surface area contributed by atoms with Crippen molar-refractivity contribution in [3.63, 3.8) is 0 Å². The van der Waals surface area contributed by atoms with Crippen molar-refractivity contribution in [3.8, 4) is 22.9 Å². The minimum Gasteiger partial charge on any atom is -0.490 e. The third-order valence-electron chi connectivity index (χ3n) is 5.97. The van der Waals surface area contributed by atoms with Crippen molar-refractivity contribution in [1.82, 2.24) is 9.55 Å². The van der Waals surface area contributed by atoms with Crippen LogP contribution in [-0.2, 0) is 22.5 Å². The SMILES string of the molecule is C=C[C@@H]1Cc2cc(OCCCOC)c(Cl)nc2-c2c(OCc3ccccc3)c(=O)c(C(=O)OCC)cn21. The van der Waals surface area contributed by atoms with E-state index >= 15 is 0 Å². The zero-order valence-electron chi connectivity index (χ0n) is 20.9. The summed E-state index contributed by atoms with van der Waals surface area (Å²) in [5.74, 6) is -0.267. The van der Waals surface area contributed by atoms with Crippen LogP contribution in [0.1, 0.15) is 40.9 Å². The number of ether oxygens (including phenoxy) is 4. The van der Waals surface area contributed by atoms with Crippen LogP contribution in [0.3, 0.4) is 0 Å². The molecule has 1 aliphatic heterocycles. The van der Waals surface area contributed by atoms with Crippen LogP contribution in [0.15, 0.2) is 60.0 Å². The van der Waals surface area contributed by atoms with E-state index in [9.17, 15) is 9.59 Å². The summed E-state index contributed by atoms with van der Waals surface area (Å²) in [7, 11) is 1.63. The zero-order chi connectivity index (χ0) is 26.4. The maximum atomic E-state index is 13.6. The number of aromatic nitrogens is 2. The molecular weight excluding hydrogens is 496 g/mol. The van der Waals surface area contributed by atoms with Gasteiger partial charge in [-0.15, -0.1) is 6.58 Å². The van der Waals surface area contributed by atoms with Crippen molar-refractivity contribution in [2.75, 3.05) is 26.9 Å². The number of carbonyl (C=O) groups excluding carboxylic acids is 1. The Kier molecular flexibility index (Phi) is 8.63. The first-order valence-corrected chi connectivity index (χ1v) is 12.4. The number of carbonyl (C=O) groups is 1. The van der Waals surface area contributed by atoms with Gasteiger partial charge >= 0.3 is 5.97 Å². The molecule has 9 heteroatoms. The summed E-state index contributed by atoms with van der Waals surface area (Å²) < 4.78 is 23.9. The van der Waals surface area contributed by atoms with Crippen molar-refractivity contribution < 1.29 is 23.7 Å². The zero-order valence-corrected chi connectivity index (χ0v) is 21.6. The van der Waals surface area contributed by atoms with Gasteiger partial charge in [0.05, 0.1) is 24.9 Å². The van der Waals surface area contributed by atoms with Gasteiger partial charge in [0.25, 0.3) is 0 Å². The number of methoxy groups -OCH3 is 1. The Hall–Kier alpha value is -3.62. The van der Waals surface area contributed by atoms with Gasteiger partial charge in [-0.25, -0.2) is 9.78 Å². The molecule has 2 aromatic heterocycles. The highest BCUT2D eigenvalue weighted by atomic mass is 35.5. The van der Waals surface area contributed by atoms with E-state index in [1.54, 1.807) is 24.7 Å². The maximum Gasteiger partial charge on any atom is 0.343 e. The molecule has 3 aromatic rings. The molecule has 0 aliphatic carbocycles. The monoisotopic (exact) mass is 524 g/mol. The lowest BCUT2D eigenvalue weighted by Crippen LogP contribution is -2.28. The second-order valence-corrected chi connectivity index (χ2v) is 8.80. The Morgan fingerprint density at radius 2 is 2.03 bits per heavy atom. The number of hydrogen-bond donors (Lipinski definition) is 0. The highest BCUT2D eigenvalue weighted by molar-refractivity contribution is 6.31. The van der Waals surface area contributed by atoms with Crippen LogP contribution in [0.4, 0.5) is 0 Å². The Morgan fingerprint density at radius 1 is 1.24 bits per heavy atom. The second-order valence-electron chi connectivity index (χ2n) is 8.44. The fraction of sp³-hybridized carbons (Fsp3) is 0.321. The largest absolute Gasteiger partial charge is 0.490 e. The standard InChI is InChI=1S/C28H29ClN2O6/c1-4-20-14-19-15-22(36-13-9-12-34-3)27(29)30-23(19)24-26(37-17-18-10-7-6-8-11-18)25(32)21(16-31(20)24)28(33)35-5-2/h4,6-8,10-11,15-16,20H,1,5,9,12-14,17H2,2-3H3/t20-/m1/s1. The van der Waals surface area contributed by atoms with E-state index in [0.29, 0.717) is 43.2 Å². The highest BCUT2D eigenvalue weighted by Gasteiger charge is 2.32. The number of rotatable bonds is 11. The molecule has 0 spiro atoms. The summed E-state index contributed by atoms with van der Waals surface area (Å²) in [4.78, 5) is 30.9. The normalized spacial score (nSPS) is 13.9. The van der Waals surface area contributed by atoms with Gasteiger partial charge in [-0.05, 0) is 30.5 Å². The lowest BCUT2D eigenvalue weighted by molar-refractivity contribution is 0.0523. The Labute approximate surface area is 220 Å². The fourth-order valence-corrected chi connectivity index (χ4v) is 4.39. The second kappa shape index (κ2) is 12.1. The molecular formula is C28H29ClN2O6. The molecule has 0 unspecified atom stereocenters. The summed E-state index contributed by atoms with van der Waals surface area (Å²) in [5, 5.41) is 0.163. The van der Waals surface area contributed by atoms with Crippen LogP contribution >= 0.6 is 11.6 Å². The molecule has 1 aliphatic rings. The van der Waals surface area contributed by atoms with Gasteiger partial charge in [0, 0.05) is 26.3 Å². The molecule has 3 heterocycles. The van der Waals surface area contributed by atoms with Crippen LogP contribution in [0.2, 0.25) is 5.15 Å². The van der Waals surface area contributed by atoms with Crippen LogP contribution in [0, 0.1) is 0 Å². The maximum absolute atomic E-state index is 13.6. The first kappa shape index (κ1) is 26.4. The molecule has 0 fully saturated rings. The summed E-state index contributed by atoms with van der Waals surface area (Å²) in [6, 6.07) is 11.0. The lowest BCUT2D eigenvalue weighted by Gasteiger charge is -2.30. The van der Waals surface area contributed by atoms with Gasteiger partial charge < -0.3 is 23.5 Å². The number of nitrogens with zero attached hydrogens (tertiary/aromatic N) is 2. The molecule has 4 rings (SSSR count). The Bertz CT molecular complexity index is 1340. The van der Waals surface area contributed by atoms with E-state index in [1.807, 2.05) is 36.4 Å². The quantitative estimate of drug-likeness (QED) is 0.151. The first-order valence-electron chi connectivity index (χ1n) is 12.1. The first-order chi connectivity index (χ1) is 18.0. The third-order valence-corrected chi connectivity index (χ3v) is 6.24. The Morgan fingerprint density at radius 3 is 2.73 bits per heavy atom. The number of halogens is 1. The third kappa shape index (κ3) is 5.70. The van der Waals surface area contributed by atoms with Crippen molar-refractivity contribution in [2.45, 2.75) is 32.4 Å². The number of hydrogen-bond acceptors (Lipinski definition) is 7.